The molecule has 0 bridgehead atoms. The topological polar surface area (TPSA) is 106 Å². The first-order chi connectivity index (χ1) is 9.70. The molecule has 3 heterocycles. The maximum absolute atomic E-state index is 5.74. The molecule has 8 nitrogen and oxygen atoms in total. The Kier molecular flexibility index (Phi) is 3.36. The lowest BCUT2D eigenvalue weighted by Crippen LogP contribution is -2.22. The van der Waals surface area contributed by atoms with Gasteiger partial charge in [-0.25, -0.2) is 0 Å². The number of hydrogen-bond acceptors (Lipinski definition) is 8. The van der Waals surface area contributed by atoms with Crippen LogP contribution in [0.25, 0.3) is 0 Å². The van der Waals surface area contributed by atoms with Gasteiger partial charge in [-0.15, -0.1) is 0 Å². The van der Waals surface area contributed by atoms with Gasteiger partial charge in [-0.05, 0) is 19.8 Å². The lowest BCUT2D eigenvalue weighted by Gasteiger charge is -2.15. The SMILES string of the molecule is Cc1cc(CNc2nc(N)nc(N3CCCC3)n2)on1. The van der Waals surface area contributed by atoms with Crippen molar-refractivity contribution < 1.29 is 4.52 Å². The second-order valence-electron chi connectivity index (χ2n) is 4.80. The van der Waals surface area contributed by atoms with E-state index in [1.54, 1.807) is 0 Å². The highest BCUT2D eigenvalue weighted by atomic mass is 16.5. The van der Waals surface area contributed by atoms with E-state index in [0.717, 1.165) is 37.4 Å². The van der Waals surface area contributed by atoms with Crippen LogP contribution in [0.5, 0.6) is 0 Å². The molecule has 0 aliphatic carbocycles. The molecule has 1 aliphatic heterocycles. The van der Waals surface area contributed by atoms with Gasteiger partial charge in [0.05, 0.1) is 12.2 Å². The van der Waals surface area contributed by atoms with Crippen molar-refractivity contribution in [1.82, 2.24) is 20.1 Å². The highest BCUT2D eigenvalue weighted by Crippen LogP contribution is 2.17. The second kappa shape index (κ2) is 5.32. The quantitative estimate of drug-likeness (QED) is 0.850. The van der Waals surface area contributed by atoms with E-state index in [1.165, 1.54) is 0 Å². The molecule has 1 aliphatic rings. The molecule has 0 aromatic carbocycles. The third-order valence-corrected chi connectivity index (χ3v) is 3.13. The van der Waals surface area contributed by atoms with Crippen LogP contribution < -0.4 is 16.0 Å². The van der Waals surface area contributed by atoms with Gasteiger partial charge in [-0.3, -0.25) is 0 Å². The standard InChI is InChI=1S/C12H17N7O/c1-8-6-9(20-18-8)7-14-11-15-10(13)16-12(17-11)19-4-2-3-5-19/h6H,2-5,7H2,1H3,(H3,13,14,15,16,17). The summed E-state index contributed by atoms with van der Waals surface area (Å²) in [5, 5.41) is 6.90. The fourth-order valence-corrected chi connectivity index (χ4v) is 2.18. The van der Waals surface area contributed by atoms with Gasteiger partial charge in [0.25, 0.3) is 0 Å². The molecule has 0 amide bonds. The second-order valence-corrected chi connectivity index (χ2v) is 4.80. The molecule has 3 rings (SSSR count). The summed E-state index contributed by atoms with van der Waals surface area (Å²) in [4.78, 5) is 14.8. The summed E-state index contributed by atoms with van der Waals surface area (Å²) in [6.45, 7) is 4.26. The zero-order valence-electron chi connectivity index (χ0n) is 11.3. The van der Waals surface area contributed by atoms with E-state index < -0.39 is 0 Å². The van der Waals surface area contributed by atoms with E-state index in [0.29, 0.717) is 18.4 Å². The van der Waals surface area contributed by atoms with Crippen LogP contribution in [0.15, 0.2) is 10.6 Å². The van der Waals surface area contributed by atoms with Crippen LogP contribution in [0.4, 0.5) is 17.8 Å². The van der Waals surface area contributed by atoms with Gasteiger partial charge in [-0.2, -0.15) is 15.0 Å². The number of aromatic nitrogens is 4. The highest BCUT2D eigenvalue weighted by Gasteiger charge is 2.16. The predicted octanol–water partition coefficient (Wildman–Crippen LogP) is 0.963. The molecule has 2 aromatic heterocycles. The Balaban J connectivity index is 1.72. The Morgan fingerprint density at radius 1 is 1.30 bits per heavy atom. The number of hydrogen-bond donors (Lipinski definition) is 2. The first-order valence-electron chi connectivity index (χ1n) is 6.63. The van der Waals surface area contributed by atoms with Crippen LogP contribution >= 0.6 is 0 Å². The molecule has 0 unspecified atom stereocenters. The number of rotatable bonds is 4. The Hall–Kier alpha value is -2.38. The van der Waals surface area contributed by atoms with E-state index in [1.807, 2.05) is 13.0 Å². The molecule has 3 N–H and O–H groups in total. The highest BCUT2D eigenvalue weighted by molar-refractivity contribution is 5.42. The Bertz CT molecular complexity index is 591. The summed E-state index contributed by atoms with van der Waals surface area (Å²) in [7, 11) is 0. The van der Waals surface area contributed by atoms with Gasteiger partial charge in [0.2, 0.25) is 17.8 Å². The van der Waals surface area contributed by atoms with Gasteiger partial charge in [-0.1, -0.05) is 5.16 Å². The summed E-state index contributed by atoms with van der Waals surface area (Å²) in [5.74, 6) is 2.03. The number of nitrogens with zero attached hydrogens (tertiary/aromatic N) is 5. The fourth-order valence-electron chi connectivity index (χ4n) is 2.18. The first-order valence-corrected chi connectivity index (χ1v) is 6.63. The van der Waals surface area contributed by atoms with Gasteiger partial charge < -0.3 is 20.5 Å². The molecular formula is C12H17N7O. The van der Waals surface area contributed by atoms with Crippen molar-refractivity contribution in [3.8, 4) is 0 Å². The molecule has 0 saturated carbocycles. The molecular weight excluding hydrogens is 258 g/mol. The van der Waals surface area contributed by atoms with Crippen LogP contribution in [0.2, 0.25) is 0 Å². The number of nitrogen functional groups attached to an aromatic ring is 1. The largest absolute Gasteiger partial charge is 0.368 e. The Labute approximate surface area is 116 Å². The van der Waals surface area contributed by atoms with Crippen molar-refractivity contribution in [1.29, 1.82) is 0 Å². The number of nitrogens with one attached hydrogen (secondary N) is 1. The van der Waals surface area contributed by atoms with E-state index in [9.17, 15) is 0 Å². The molecule has 20 heavy (non-hydrogen) atoms. The van der Waals surface area contributed by atoms with Crippen LogP contribution in [0.3, 0.4) is 0 Å². The van der Waals surface area contributed by atoms with E-state index in [2.05, 4.69) is 30.3 Å². The van der Waals surface area contributed by atoms with E-state index >= 15 is 0 Å². The Morgan fingerprint density at radius 2 is 2.10 bits per heavy atom. The van der Waals surface area contributed by atoms with Crippen molar-refractivity contribution in [2.24, 2.45) is 0 Å². The lowest BCUT2D eigenvalue weighted by molar-refractivity contribution is 0.384. The summed E-state index contributed by atoms with van der Waals surface area (Å²) >= 11 is 0. The van der Waals surface area contributed by atoms with Gasteiger partial charge in [0.1, 0.15) is 0 Å². The number of anilines is 3. The lowest BCUT2D eigenvalue weighted by atomic mass is 10.4. The van der Waals surface area contributed by atoms with E-state index in [-0.39, 0.29) is 5.95 Å². The minimum absolute atomic E-state index is 0.221. The normalized spacial score (nSPS) is 14.8. The van der Waals surface area contributed by atoms with Crippen molar-refractivity contribution in [2.75, 3.05) is 29.0 Å². The summed E-state index contributed by atoms with van der Waals surface area (Å²) in [6, 6.07) is 1.86. The minimum atomic E-state index is 0.221. The average Bonchev–Trinajstić information content (AvgIpc) is 3.07. The predicted molar refractivity (Wildman–Crippen MR) is 74.3 cm³/mol. The van der Waals surface area contributed by atoms with Gasteiger partial charge in [0, 0.05) is 19.2 Å². The first kappa shape index (κ1) is 12.6. The van der Waals surface area contributed by atoms with Crippen molar-refractivity contribution in [3.05, 3.63) is 17.5 Å². The van der Waals surface area contributed by atoms with Gasteiger partial charge >= 0.3 is 0 Å². The van der Waals surface area contributed by atoms with Crippen LogP contribution in [-0.2, 0) is 6.54 Å². The van der Waals surface area contributed by atoms with Crippen molar-refractivity contribution >= 4 is 17.8 Å². The smallest absolute Gasteiger partial charge is 0.231 e. The molecule has 1 saturated heterocycles. The minimum Gasteiger partial charge on any atom is -0.368 e. The summed E-state index contributed by atoms with van der Waals surface area (Å²) < 4.78 is 5.12. The fraction of sp³-hybridized carbons (Fsp3) is 0.500. The summed E-state index contributed by atoms with van der Waals surface area (Å²) in [5.41, 5.74) is 6.58. The molecule has 106 valence electrons. The Morgan fingerprint density at radius 3 is 2.80 bits per heavy atom. The molecule has 2 aromatic rings. The number of nitrogens with two attached hydrogens (primary N) is 1. The van der Waals surface area contributed by atoms with Crippen LogP contribution in [-0.4, -0.2) is 33.2 Å². The molecule has 0 atom stereocenters. The zero-order valence-corrected chi connectivity index (χ0v) is 11.3. The third-order valence-electron chi connectivity index (χ3n) is 3.13. The molecule has 1 fully saturated rings. The zero-order chi connectivity index (χ0) is 13.9. The average molecular weight is 275 g/mol. The molecule has 8 heteroatoms. The molecule has 0 spiro atoms. The van der Waals surface area contributed by atoms with E-state index in [4.69, 9.17) is 10.3 Å². The maximum atomic E-state index is 5.74. The van der Waals surface area contributed by atoms with Crippen LogP contribution in [0.1, 0.15) is 24.3 Å². The number of aryl methyl sites for hydroxylation is 1. The van der Waals surface area contributed by atoms with Crippen LogP contribution in [0, 0.1) is 6.92 Å². The van der Waals surface area contributed by atoms with Crippen molar-refractivity contribution in [2.45, 2.75) is 26.3 Å². The van der Waals surface area contributed by atoms with Gasteiger partial charge in [0.15, 0.2) is 5.76 Å². The third kappa shape index (κ3) is 2.79. The van der Waals surface area contributed by atoms with Crippen molar-refractivity contribution in [3.63, 3.8) is 0 Å². The molecule has 0 radical (unpaired) electrons. The maximum Gasteiger partial charge on any atom is 0.231 e. The summed E-state index contributed by atoms with van der Waals surface area (Å²) in [6.07, 6.45) is 2.32. The monoisotopic (exact) mass is 275 g/mol.